The van der Waals surface area contributed by atoms with Gasteiger partial charge in [0, 0.05) is 15.2 Å². The van der Waals surface area contributed by atoms with E-state index in [0.717, 1.165) is 20.9 Å². The van der Waals surface area contributed by atoms with Crippen LogP contribution in [-0.4, -0.2) is 4.98 Å². The molecule has 0 aliphatic rings. The summed E-state index contributed by atoms with van der Waals surface area (Å²) >= 11 is 9.58. The maximum Gasteiger partial charge on any atom is 0.137 e. The third-order valence-corrected chi connectivity index (χ3v) is 3.51. The van der Waals surface area contributed by atoms with Gasteiger partial charge >= 0.3 is 0 Å². The maximum absolute atomic E-state index is 6.05. The van der Waals surface area contributed by atoms with Gasteiger partial charge in [0.1, 0.15) is 5.15 Å². The van der Waals surface area contributed by atoms with Crippen molar-refractivity contribution in [1.82, 2.24) is 4.98 Å². The van der Waals surface area contributed by atoms with E-state index in [2.05, 4.69) is 33.9 Å². The van der Waals surface area contributed by atoms with Gasteiger partial charge < -0.3 is 0 Å². The maximum atomic E-state index is 6.05. The van der Waals surface area contributed by atoms with Crippen LogP contribution < -0.4 is 0 Å². The molecule has 1 nitrogen and oxygen atoms in total. The number of rotatable bonds is 0. The van der Waals surface area contributed by atoms with E-state index >= 15 is 0 Å². The van der Waals surface area contributed by atoms with E-state index in [1.54, 1.807) is 0 Å². The van der Waals surface area contributed by atoms with Gasteiger partial charge in [-0.05, 0) is 29.8 Å². The first-order chi connectivity index (χ1) is 6.59. The van der Waals surface area contributed by atoms with Crippen molar-refractivity contribution in [3.05, 3.63) is 39.1 Å². The molecule has 0 saturated heterocycles. The summed E-state index contributed by atoms with van der Waals surface area (Å²) in [5.41, 5.74) is 2.15. The third-order valence-electron chi connectivity index (χ3n) is 2.22. The molecule has 2 rings (SSSR count). The summed E-state index contributed by atoms with van der Waals surface area (Å²) < 4.78 is 1.03. The van der Waals surface area contributed by atoms with Crippen molar-refractivity contribution in [3.8, 4) is 0 Å². The highest BCUT2D eigenvalue weighted by Crippen LogP contribution is 2.31. The average Bonchev–Trinajstić information content (AvgIpc) is 2.14. The fourth-order valence-electron chi connectivity index (χ4n) is 1.47. The fraction of sp³-hybridized carbons (Fsp3) is 0.182. The smallest absolute Gasteiger partial charge is 0.137 e. The minimum Gasteiger partial charge on any atom is -0.240 e. The molecule has 0 bridgehead atoms. The van der Waals surface area contributed by atoms with Crippen molar-refractivity contribution >= 4 is 38.3 Å². The monoisotopic (exact) mass is 269 g/mol. The Hall–Kier alpha value is -0.600. The first kappa shape index (κ1) is 9.94. The summed E-state index contributed by atoms with van der Waals surface area (Å²) in [7, 11) is 0. The number of aromatic nitrogens is 1. The number of aryl methyl sites for hydroxylation is 2. The van der Waals surface area contributed by atoms with Crippen LogP contribution in [-0.2, 0) is 0 Å². The van der Waals surface area contributed by atoms with Crippen LogP contribution in [0.4, 0.5) is 0 Å². The van der Waals surface area contributed by atoms with E-state index in [1.807, 2.05) is 19.1 Å². The molecule has 0 aliphatic heterocycles. The minimum atomic E-state index is 0.570. The summed E-state index contributed by atoms with van der Waals surface area (Å²) in [6, 6.07) is 6.15. The van der Waals surface area contributed by atoms with Crippen LogP contribution >= 0.6 is 27.5 Å². The molecule has 0 atom stereocenters. The lowest BCUT2D eigenvalue weighted by atomic mass is 10.1. The Morgan fingerprint density at radius 2 is 1.93 bits per heavy atom. The van der Waals surface area contributed by atoms with Crippen LogP contribution in [0.2, 0.25) is 5.15 Å². The Kier molecular flexibility index (Phi) is 2.50. The standard InChI is InChI=1S/C11H9BrClN/c1-6-3-4-8-9(5-6)10(12)7(2)14-11(8)13/h3-5H,1-2H3. The van der Waals surface area contributed by atoms with Gasteiger partial charge in [0.2, 0.25) is 0 Å². The van der Waals surface area contributed by atoms with E-state index in [1.165, 1.54) is 5.56 Å². The molecular weight excluding hydrogens is 261 g/mol. The number of pyridine rings is 1. The normalized spacial score (nSPS) is 10.9. The molecule has 1 heterocycles. The van der Waals surface area contributed by atoms with Crippen LogP contribution in [0, 0.1) is 13.8 Å². The van der Waals surface area contributed by atoms with Gasteiger partial charge in [-0.15, -0.1) is 0 Å². The number of hydrogen-bond donors (Lipinski definition) is 0. The van der Waals surface area contributed by atoms with E-state index in [9.17, 15) is 0 Å². The van der Waals surface area contributed by atoms with Gasteiger partial charge in [-0.3, -0.25) is 0 Å². The zero-order chi connectivity index (χ0) is 10.3. The summed E-state index contributed by atoms with van der Waals surface area (Å²) in [5, 5.41) is 2.69. The predicted octanol–water partition coefficient (Wildman–Crippen LogP) is 4.27. The average molecular weight is 271 g/mol. The number of hydrogen-bond acceptors (Lipinski definition) is 1. The van der Waals surface area contributed by atoms with Crippen LogP contribution in [0.3, 0.4) is 0 Å². The number of halogens is 2. The Morgan fingerprint density at radius 1 is 1.21 bits per heavy atom. The van der Waals surface area contributed by atoms with Crippen molar-refractivity contribution in [2.24, 2.45) is 0 Å². The summed E-state index contributed by atoms with van der Waals surface area (Å²) in [6.07, 6.45) is 0. The second-order valence-corrected chi connectivity index (χ2v) is 4.50. The van der Waals surface area contributed by atoms with Gasteiger partial charge in [-0.2, -0.15) is 0 Å². The molecule has 14 heavy (non-hydrogen) atoms. The molecule has 2 aromatic rings. The molecule has 0 radical (unpaired) electrons. The molecule has 0 amide bonds. The van der Waals surface area contributed by atoms with Crippen molar-refractivity contribution in [1.29, 1.82) is 0 Å². The second-order valence-electron chi connectivity index (χ2n) is 3.35. The highest BCUT2D eigenvalue weighted by atomic mass is 79.9. The molecule has 0 unspecified atom stereocenters. The number of benzene rings is 1. The van der Waals surface area contributed by atoms with E-state index in [-0.39, 0.29) is 0 Å². The quantitative estimate of drug-likeness (QED) is 0.652. The van der Waals surface area contributed by atoms with Gasteiger partial charge in [0.25, 0.3) is 0 Å². The lowest BCUT2D eigenvalue weighted by molar-refractivity contribution is 1.20. The molecule has 3 heteroatoms. The zero-order valence-corrected chi connectivity index (χ0v) is 10.3. The molecule has 72 valence electrons. The lowest BCUT2D eigenvalue weighted by Crippen LogP contribution is -1.88. The first-order valence-electron chi connectivity index (χ1n) is 4.31. The summed E-state index contributed by atoms with van der Waals surface area (Å²) in [6.45, 7) is 4.01. The fourth-order valence-corrected chi connectivity index (χ4v) is 2.18. The van der Waals surface area contributed by atoms with Crippen LogP contribution in [0.5, 0.6) is 0 Å². The van der Waals surface area contributed by atoms with E-state index in [0.29, 0.717) is 5.15 Å². The largest absolute Gasteiger partial charge is 0.240 e. The van der Waals surface area contributed by atoms with Crippen molar-refractivity contribution in [2.75, 3.05) is 0 Å². The predicted molar refractivity (Wildman–Crippen MR) is 63.9 cm³/mol. The highest BCUT2D eigenvalue weighted by molar-refractivity contribution is 9.10. The molecule has 0 N–H and O–H groups in total. The second kappa shape index (κ2) is 3.52. The summed E-state index contributed by atoms with van der Waals surface area (Å²) in [5.74, 6) is 0. The van der Waals surface area contributed by atoms with Crippen molar-refractivity contribution in [3.63, 3.8) is 0 Å². The Balaban J connectivity index is 2.95. The Labute approximate surface area is 96.2 Å². The molecule has 1 aromatic carbocycles. The van der Waals surface area contributed by atoms with Gasteiger partial charge in [0.05, 0.1) is 5.69 Å². The molecule has 0 saturated carbocycles. The first-order valence-corrected chi connectivity index (χ1v) is 5.48. The minimum absolute atomic E-state index is 0.570. The molecular formula is C11H9BrClN. The Morgan fingerprint density at radius 3 is 2.64 bits per heavy atom. The Bertz CT molecular complexity index is 508. The molecule has 0 fully saturated rings. The lowest BCUT2D eigenvalue weighted by Gasteiger charge is -2.06. The van der Waals surface area contributed by atoms with Gasteiger partial charge in [-0.25, -0.2) is 4.98 Å². The van der Waals surface area contributed by atoms with Crippen LogP contribution in [0.25, 0.3) is 10.8 Å². The van der Waals surface area contributed by atoms with Crippen molar-refractivity contribution in [2.45, 2.75) is 13.8 Å². The van der Waals surface area contributed by atoms with Crippen molar-refractivity contribution < 1.29 is 0 Å². The highest BCUT2D eigenvalue weighted by Gasteiger charge is 2.07. The van der Waals surface area contributed by atoms with Gasteiger partial charge in [0.15, 0.2) is 0 Å². The number of fused-ring (bicyclic) bond motifs is 1. The van der Waals surface area contributed by atoms with E-state index < -0.39 is 0 Å². The zero-order valence-electron chi connectivity index (χ0n) is 7.94. The van der Waals surface area contributed by atoms with Gasteiger partial charge in [-0.1, -0.05) is 35.4 Å². The SMILES string of the molecule is Cc1ccc2c(Cl)nc(C)c(Br)c2c1. The number of nitrogens with zero attached hydrogens (tertiary/aromatic N) is 1. The molecule has 0 aliphatic carbocycles. The molecule has 0 spiro atoms. The molecule has 1 aromatic heterocycles. The van der Waals surface area contributed by atoms with E-state index in [4.69, 9.17) is 11.6 Å². The summed E-state index contributed by atoms with van der Waals surface area (Å²) in [4.78, 5) is 4.25. The third kappa shape index (κ3) is 1.53. The van der Waals surface area contributed by atoms with Crippen LogP contribution in [0.15, 0.2) is 22.7 Å². The van der Waals surface area contributed by atoms with Crippen LogP contribution in [0.1, 0.15) is 11.3 Å². The topological polar surface area (TPSA) is 12.9 Å².